The van der Waals surface area contributed by atoms with Crippen molar-refractivity contribution in [1.29, 1.82) is 0 Å². The Morgan fingerprint density at radius 1 is 1.15 bits per heavy atom. The zero-order valence-electron chi connectivity index (χ0n) is 14.4. The first kappa shape index (κ1) is 17.8. The highest BCUT2D eigenvalue weighted by Gasteiger charge is 2.14. The smallest absolute Gasteiger partial charge is 0.231 e. The van der Waals surface area contributed by atoms with Gasteiger partial charge in [-0.05, 0) is 35.4 Å². The Morgan fingerprint density at radius 3 is 2.89 bits per heavy atom. The van der Waals surface area contributed by atoms with E-state index in [9.17, 15) is 4.79 Å². The minimum absolute atomic E-state index is 0.0522. The van der Waals surface area contributed by atoms with Crippen LogP contribution in [0.5, 0.6) is 11.5 Å². The lowest BCUT2D eigenvalue weighted by Gasteiger charge is -2.05. The van der Waals surface area contributed by atoms with Gasteiger partial charge in [0.1, 0.15) is 4.34 Å². The molecule has 2 aromatic heterocycles. The summed E-state index contributed by atoms with van der Waals surface area (Å²) in [5.41, 5.74) is 2.97. The lowest BCUT2D eigenvalue weighted by Crippen LogP contribution is -2.24. The molecule has 3 heterocycles. The van der Waals surface area contributed by atoms with Crippen LogP contribution in [0, 0.1) is 0 Å². The molecule has 0 bridgehead atoms. The van der Waals surface area contributed by atoms with Crippen LogP contribution in [-0.2, 0) is 23.5 Å². The predicted molar refractivity (Wildman–Crippen MR) is 104 cm³/mol. The van der Waals surface area contributed by atoms with E-state index >= 15 is 0 Å². The van der Waals surface area contributed by atoms with Gasteiger partial charge in [0.05, 0.1) is 12.1 Å². The summed E-state index contributed by atoms with van der Waals surface area (Å²) in [6.45, 7) is 0.694. The van der Waals surface area contributed by atoms with E-state index in [2.05, 4.69) is 15.3 Å². The Balaban J connectivity index is 1.25. The molecule has 1 N–H and O–H groups in total. The predicted octanol–water partition coefficient (Wildman–Crippen LogP) is 3.42. The van der Waals surface area contributed by atoms with E-state index in [4.69, 9.17) is 9.47 Å². The Kier molecular flexibility index (Phi) is 5.55. The lowest BCUT2D eigenvalue weighted by atomic mass is 10.2. The normalized spacial score (nSPS) is 12.1. The van der Waals surface area contributed by atoms with Crippen molar-refractivity contribution in [2.45, 2.75) is 23.1 Å². The largest absolute Gasteiger partial charge is 0.454 e. The molecule has 138 valence electrons. The molecule has 8 heteroatoms. The maximum atomic E-state index is 12.2. The molecule has 1 aliphatic rings. The molecule has 0 atom stereocenters. The quantitative estimate of drug-likeness (QED) is 0.614. The van der Waals surface area contributed by atoms with Gasteiger partial charge in [-0.25, -0.2) is 4.98 Å². The van der Waals surface area contributed by atoms with Crippen LogP contribution < -0.4 is 14.8 Å². The van der Waals surface area contributed by atoms with Crippen molar-refractivity contribution in [2.24, 2.45) is 0 Å². The number of nitrogens with one attached hydrogen (secondary N) is 1. The van der Waals surface area contributed by atoms with Gasteiger partial charge in [-0.3, -0.25) is 9.78 Å². The highest BCUT2D eigenvalue weighted by molar-refractivity contribution is 8.00. The monoisotopic (exact) mass is 399 g/mol. The molecule has 0 aliphatic carbocycles. The topological polar surface area (TPSA) is 73.3 Å². The van der Waals surface area contributed by atoms with E-state index in [-0.39, 0.29) is 19.1 Å². The number of hydrogen-bond acceptors (Lipinski definition) is 7. The highest BCUT2D eigenvalue weighted by atomic mass is 32.2. The van der Waals surface area contributed by atoms with Gasteiger partial charge in [-0.15, -0.1) is 11.3 Å². The van der Waals surface area contributed by atoms with Gasteiger partial charge >= 0.3 is 0 Å². The van der Waals surface area contributed by atoms with Gasteiger partial charge in [-0.1, -0.05) is 17.8 Å². The third kappa shape index (κ3) is 4.78. The fourth-order valence-corrected chi connectivity index (χ4v) is 4.34. The number of hydrogen-bond donors (Lipinski definition) is 1. The zero-order chi connectivity index (χ0) is 18.5. The van der Waals surface area contributed by atoms with Crippen LogP contribution in [0.4, 0.5) is 0 Å². The second-order valence-electron chi connectivity index (χ2n) is 5.89. The van der Waals surface area contributed by atoms with Crippen molar-refractivity contribution in [1.82, 2.24) is 15.3 Å². The number of thiazole rings is 1. The molecule has 0 unspecified atom stereocenters. The van der Waals surface area contributed by atoms with Crippen LogP contribution in [0.3, 0.4) is 0 Å². The van der Waals surface area contributed by atoms with E-state index in [1.807, 2.05) is 35.7 Å². The van der Waals surface area contributed by atoms with Crippen molar-refractivity contribution >= 4 is 29.0 Å². The first-order valence-corrected chi connectivity index (χ1v) is 10.2. The molecule has 3 aromatic rings. The first-order valence-electron chi connectivity index (χ1n) is 8.37. The summed E-state index contributed by atoms with van der Waals surface area (Å²) in [6, 6.07) is 9.65. The molecule has 0 fully saturated rings. The van der Waals surface area contributed by atoms with E-state index in [1.54, 1.807) is 35.5 Å². The maximum Gasteiger partial charge on any atom is 0.231 e. The number of carbonyl (C=O) groups excluding carboxylic acids is 1. The third-order valence-corrected chi connectivity index (χ3v) is 6.05. The summed E-state index contributed by atoms with van der Waals surface area (Å²) >= 11 is 3.23. The van der Waals surface area contributed by atoms with Crippen LogP contribution in [-0.4, -0.2) is 22.7 Å². The lowest BCUT2D eigenvalue weighted by molar-refractivity contribution is -0.120. The van der Waals surface area contributed by atoms with E-state index in [0.717, 1.165) is 32.8 Å². The molecule has 27 heavy (non-hydrogen) atoms. The van der Waals surface area contributed by atoms with Crippen molar-refractivity contribution in [3.05, 3.63) is 64.9 Å². The Bertz CT molecular complexity index is 931. The third-order valence-electron chi connectivity index (χ3n) is 3.91. The van der Waals surface area contributed by atoms with Crippen LogP contribution >= 0.6 is 23.1 Å². The number of amides is 1. The van der Waals surface area contributed by atoms with Gasteiger partial charge in [0.2, 0.25) is 12.7 Å². The number of rotatable bonds is 7. The molecule has 1 amide bonds. The first-order chi connectivity index (χ1) is 13.3. The summed E-state index contributed by atoms with van der Waals surface area (Å²) in [4.78, 5) is 20.7. The molecule has 0 saturated carbocycles. The number of pyridine rings is 1. The summed E-state index contributed by atoms with van der Waals surface area (Å²) in [6.07, 6.45) is 3.85. The van der Waals surface area contributed by atoms with Crippen molar-refractivity contribution < 1.29 is 14.3 Å². The number of benzene rings is 1. The Labute approximate surface area is 165 Å². The molecular formula is C19H17N3O3S2. The minimum Gasteiger partial charge on any atom is -0.454 e. The van der Waals surface area contributed by atoms with Crippen molar-refractivity contribution in [2.75, 3.05) is 6.79 Å². The standard InChI is InChI=1S/C19H17N3O3S2/c23-18(21-9-14-1-2-16-17(7-14)25-12-24-16)8-15-11-27-19(22-15)26-10-13-3-5-20-6-4-13/h1-7,11H,8-10,12H2,(H,21,23). The maximum absolute atomic E-state index is 12.2. The van der Waals surface area contributed by atoms with Crippen LogP contribution in [0.1, 0.15) is 16.8 Å². The number of ether oxygens (including phenoxy) is 2. The summed E-state index contributed by atoms with van der Waals surface area (Å²) in [7, 11) is 0. The SMILES string of the molecule is O=C(Cc1csc(SCc2ccncc2)n1)NCc1ccc2c(c1)OCO2. The summed E-state index contributed by atoms with van der Waals surface area (Å²) in [5.74, 6) is 2.25. The van der Waals surface area contributed by atoms with Crippen LogP contribution in [0.2, 0.25) is 0 Å². The number of fused-ring (bicyclic) bond motifs is 1. The number of nitrogens with zero attached hydrogens (tertiary/aromatic N) is 2. The number of aromatic nitrogens is 2. The number of thioether (sulfide) groups is 1. The minimum atomic E-state index is -0.0522. The zero-order valence-corrected chi connectivity index (χ0v) is 16.0. The average Bonchev–Trinajstić information content (AvgIpc) is 3.34. The van der Waals surface area contributed by atoms with Gasteiger partial charge in [0.25, 0.3) is 0 Å². The van der Waals surface area contributed by atoms with Gasteiger partial charge in [0, 0.05) is 30.1 Å². The molecule has 0 radical (unpaired) electrons. The van der Waals surface area contributed by atoms with Crippen molar-refractivity contribution in [3.8, 4) is 11.5 Å². The van der Waals surface area contributed by atoms with Crippen LogP contribution in [0.15, 0.2) is 52.4 Å². The van der Waals surface area contributed by atoms with Crippen molar-refractivity contribution in [3.63, 3.8) is 0 Å². The fraction of sp³-hybridized carbons (Fsp3) is 0.211. The van der Waals surface area contributed by atoms with E-state index in [1.165, 1.54) is 5.56 Å². The van der Waals surface area contributed by atoms with Crippen LogP contribution in [0.25, 0.3) is 0 Å². The average molecular weight is 399 g/mol. The molecule has 1 aromatic carbocycles. The van der Waals surface area contributed by atoms with E-state index in [0.29, 0.717) is 6.54 Å². The molecule has 0 spiro atoms. The fourth-order valence-electron chi connectivity index (χ4n) is 2.54. The molecule has 6 nitrogen and oxygen atoms in total. The number of carbonyl (C=O) groups is 1. The molecular weight excluding hydrogens is 382 g/mol. The van der Waals surface area contributed by atoms with Gasteiger partial charge < -0.3 is 14.8 Å². The highest BCUT2D eigenvalue weighted by Crippen LogP contribution is 2.32. The van der Waals surface area contributed by atoms with E-state index < -0.39 is 0 Å². The molecule has 1 aliphatic heterocycles. The second-order valence-corrected chi connectivity index (χ2v) is 7.97. The Hall–Kier alpha value is -2.58. The summed E-state index contributed by atoms with van der Waals surface area (Å²) < 4.78 is 11.6. The van der Waals surface area contributed by atoms with Gasteiger partial charge in [-0.2, -0.15) is 0 Å². The summed E-state index contributed by atoms with van der Waals surface area (Å²) in [5, 5.41) is 4.86. The van der Waals surface area contributed by atoms with Gasteiger partial charge in [0.15, 0.2) is 11.5 Å². The second kappa shape index (κ2) is 8.41. The Morgan fingerprint density at radius 2 is 2.00 bits per heavy atom. The molecule has 0 saturated heterocycles. The molecule has 4 rings (SSSR count).